The first-order chi connectivity index (χ1) is 17.3. The molecular formula is C24H22F3N5O3S. The lowest BCUT2D eigenvalue weighted by atomic mass is 9.94. The Bertz CT molecular complexity index is 1430. The number of aromatic nitrogens is 3. The van der Waals surface area contributed by atoms with Crippen molar-refractivity contribution < 1.29 is 23.1 Å². The smallest absolute Gasteiger partial charge is 0.278 e. The second-order valence-electron chi connectivity index (χ2n) is 9.51. The number of hydrogen-bond acceptors (Lipinski definition) is 7. The molecule has 3 atom stereocenters. The Hall–Kier alpha value is -3.41. The lowest BCUT2D eigenvalue weighted by Crippen LogP contribution is -2.65. The summed E-state index contributed by atoms with van der Waals surface area (Å²) in [6.07, 6.45) is 4.17. The largest absolute Gasteiger partial charge is 0.502 e. The van der Waals surface area contributed by atoms with Gasteiger partial charge in [0, 0.05) is 43.4 Å². The van der Waals surface area contributed by atoms with Crippen molar-refractivity contribution in [2.45, 2.75) is 38.8 Å². The summed E-state index contributed by atoms with van der Waals surface area (Å²) in [4.78, 5) is 28.2. The van der Waals surface area contributed by atoms with Crippen molar-refractivity contribution in [3.05, 3.63) is 62.3 Å². The monoisotopic (exact) mass is 517 g/mol. The second-order valence-corrected chi connectivity index (χ2v) is 10.6. The van der Waals surface area contributed by atoms with Gasteiger partial charge in [-0.25, -0.2) is 13.2 Å². The fraction of sp³-hybridized carbons (Fsp3) is 0.417. The van der Waals surface area contributed by atoms with Gasteiger partial charge >= 0.3 is 0 Å². The molecule has 8 nitrogen and oxygen atoms in total. The zero-order chi connectivity index (χ0) is 25.3. The number of pyridine rings is 1. The van der Waals surface area contributed by atoms with E-state index in [9.17, 15) is 27.9 Å². The highest BCUT2D eigenvalue weighted by Crippen LogP contribution is 2.43. The number of amides is 1. The number of piperidine rings is 1. The zero-order valence-corrected chi connectivity index (χ0v) is 20.1. The molecule has 188 valence electrons. The maximum atomic E-state index is 14.1. The number of hydrogen-bond donors (Lipinski definition) is 1. The number of carbonyl (C=O) groups is 1. The van der Waals surface area contributed by atoms with Crippen LogP contribution in [0.25, 0.3) is 10.6 Å². The molecule has 6 rings (SSSR count). The van der Waals surface area contributed by atoms with Gasteiger partial charge in [0.1, 0.15) is 28.6 Å². The van der Waals surface area contributed by atoms with Crippen LogP contribution in [0.1, 0.15) is 47.2 Å². The molecule has 12 heteroatoms. The van der Waals surface area contributed by atoms with E-state index in [-0.39, 0.29) is 39.4 Å². The van der Waals surface area contributed by atoms with E-state index in [0.29, 0.717) is 37.1 Å². The van der Waals surface area contributed by atoms with Crippen molar-refractivity contribution in [2.75, 3.05) is 18.1 Å². The fourth-order valence-corrected chi connectivity index (χ4v) is 6.71. The first-order valence-corrected chi connectivity index (χ1v) is 12.6. The Morgan fingerprint density at radius 3 is 2.61 bits per heavy atom. The summed E-state index contributed by atoms with van der Waals surface area (Å²) >= 11 is 0.937. The van der Waals surface area contributed by atoms with Gasteiger partial charge in [0.25, 0.3) is 5.91 Å². The first-order valence-electron chi connectivity index (χ1n) is 11.8. The molecule has 0 radical (unpaired) electrons. The van der Waals surface area contributed by atoms with E-state index in [1.165, 1.54) is 6.20 Å². The van der Waals surface area contributed by atoms with Gasteiger partial charge in [0.2, 0.25) is 5.43 Å². The summed E-state index contributed by atoms with van der Waals surface area (Å²) in [5, 5.41) is 21.2. The summed E-state index contributed by atoms with van der Waals surface area (Å²) in [6, 6.07) is 1.18. The van der Waals surface area contributed by atoms with Crippen LogP contribution in [0.3, 0.4) is 0 Å². The molecule has 2 fully saturated rings. The SMILES string of the molecule is CCN1C(=O)c2c(O)c(=O)c(-c3nnc(Cc4c(F)cc(F)cc4F)s3)cn2N2C[C@@H]3CC[C@@H](C3)[C@@H]12. The van der Waals surface area contributed by atoms with Crippen LogP contribution in [-0.4, -0.2) is 50.0 Å². The molecule has 3 aliphatic rings. The topological polar surface area (TPSA) is 91.6 Å². The molecule has 0 spiro atoms. The Morgan fingerprint density at radius 1 is 1.14 bits per heavy atom. The highest BCUT2D eigenvalue weighted by atomic mass is 32.1. The molecule has 1 aromatic carbocycles. The minimum atomic E-state index is -1.04. The summed E-state index contributed by atoms with van der Waals surface area (Å²) < 4.78 is 43.0. The third-order valence-corrected chi connectivity index (χ3v) is 8.41. The molecule has 36 heavy (non-hydrogen) atoms. The highest BCUT2D eigenvalue weighted by Gasteiger charge is 2.49. The van der Waals surface area contributed by atoms with Crippen molar-refractivity contribution in [1.82, 2.24) is 19.8 Å². The van der Waals surface area contributed by atoms with Gasteiger partial charge in [-0.15, -0.1) is 10.2 Å². The number of carbonyl (C=O) groups excluding carboxylic acids is 1. The molecule has 1 amide bonds. The lowest BCUT2D eigenvalue weighted by molar-refractivity contribution is 0.0426. The van der Waals surface area contributed by atoms with E-state index >= 15 is 0 Å². The van der Waals surface area contributed by atoms with Crippen LogP contribution in [0.5, 0.6) is 5.75 Å². The number of fused-ring (bicyclic) bond motifs is 6. The van der Waals surface area contributed by atoms with Crippen molar-refractivity contribution in [2.24, 2.45) is 11.8 Å². The quantitative estimate of drug-likeness (QED) is 0.572. The van der Waals surface area contributed by atoms with E-state index in [2.05, 4.69) is 10.2 Å². The Labute approximate surface area is 207 Å². The number of rotatable bonds is 4. The maximum Gasteiger partial charge on any atom is 0.278 e. The van der Waals surface area contributed by atoms with Crippen molar-refractivity contribution >= 4 is 17.2 Å². The van der Waals surface area contributed by atoms with Crippen LogP contribution < -0.4 is 10.4 Å². The summed E-state index contributed by atoms with van der Waals surface area (Å²) in [7, 11) is 0. The predicted octanol–water partition coefficient (Wildman–Crippen LogP) is 3.25. The lowest BCUT2D eigenvalue weighted by Gasteiger charge is -2.51. The highest BCUT2D eigenvalue weighted by molar-refractivity contribution is 7.14. The van der Waals surface area contributed by atoms with Crippen molar-refractivity contribution in [3.63, 3.8) is 0 Å². The average Bonchev–Trinajstić information content (AvgIpc) is 3.46. The normalized spacial score (nSPS) is 22.7. The summed E-state index contributed by atoms with van der Waals surface area (Å²) in [5.74, 6) is -3.40. The van der Waals surface area contributed by atoms with E-state index in [4.69, 9.17) is 0 Å². The van der Waals surface area contributed by atoms with Crippen LogP contribution in [0.2, 0.25) is 0 Å². The van der Waals surface area contributed by atoms with Crippen LogP contribution >= 0.6 is 11.3 Å². The maximum absolute atomic E-state index is 14.1. The van der Waals surface area contributed by atoms with E-state index < -0.39 is 34.5 Å². The standard InChI is InChI=1S/C24H22F3N5O3S/c1-2-30-23-12-4-3-11(5-12)9-32(23)31-10-15(20(33)21(34)19(31)24(30)35)22-29-28-18(36-22)8-14-16(26)6-13(25)7-17(14)27/h6-7,10-12,23,34H,2-5,8-9H2,1H3/t11-,12+,23+/m1/s1. The number of nitrogens with zero attached hydrogens (tertiary/aromatic N) is 5. The minimum Gasteiger partial charge on any atom is -0.502 e. The fourth-order valence-electron chi connectivity index (χ4n) is 5.85. The van der Waals surface area contributed by atoms with Gasteiger partial charge in [-0.1, -0.05) is 11.3 Å². The van der Waals surface area contributed by atoms with E-state index in [1.807, 2.05) is 11.9 Å². The molecule has 1 saturated heterocycles. The van der Waals surface area contributed by atoms with E-state index in [1.54, 1.807) is 9.58 Å². The Morgan fingerprint density at radius 2 is 1.89 bits per heavy atom. The first kappa shape index (κ1) is 23.0. The Kier molecular flexibility index (Phi) is 5.32. The van der Waals surface area contributed by atoms with Crippen LogP contribution in [0.4, 0.5) is 13.2 Å². The second kappa shape index (κ2) is 8.32. The molecule has 1 saturated carbocycles. The van der Waals surface area contributed by atoms with Gasteiger partial charge in [-0.3, -0.25) is 19.3 Å². The average molecular weight is 518 g/mol. The van der Waals surface area contributed by atoms with Gasteiger partial charge in [0.05, 0.1) is 5.56 Å². The number of halogens is 3. The summed E-state index contributed by atoms with van der Waals surface area (Å²) in [6.45, 7) is 3.02. The molecule has 3 aromatic rings. The van der Waals surface area contributed by atoms with Crippen molar-refractivity contribution in [1.29, 1.82) is 0 Å². The third-order valence-electron chi connectivity index (χ3n) is 7.45. The predicted molar refractivity (Wildman–Crippen MR) is 125 cm³/mol. The molecule has 2 aromatic heterocycles. The number of aromatic hydroxyl groups is 1. The van der Waals surface area contributed by atoms with E-state index in [0.717, 1.165) is 30.6 Å². The van der Waals surface area contributed by atoms with Gasteiger partial charge < -0.3 is 10.0 Å². The van der Waals surface area contributed by atoms with Crippen molar-refractivity contribution in [3.8, 4) is 16.3 Å². The molecule has 0 unspecified atom stereocenters. The zero-order valence-electron chi connectivity index (χ0n) is 19.2. The minimum absolute atomic E-state index is 0.0365. The van der Waals surface area contributed by atoms with Gasteiger partial charge in [-0.2, -0.15) is 0 Å². The summed E-state index contributed by atoms with van der Waals surface area (Å²) in [5.41, 5.74) is -1.18. The van der Waals surface area contributed by atoms with Crippen LogP contribution in [-0.2, 0) is 6.42 Å². The molecule has 4 heterocycles. The van der Waals surface area contributed by atoms with Gasteiger partial charge in [-0.05, 0) is 38.0 Å². The third kappa shape index (κ3) is 3.41. The molecular weight excluding hydrogens is 495 g/mol. The molecule has 2 bridgehead atoms. The van der Waals surface area contributed by atoms with Gasteiger partial charge in [0.15, 0.2) is 16.5 Å². The Balaban J connectivity index is 1.42. The molecule has 1 N–H and O–H groups in total. The van der Waals surface area contributed by atoms with Crippen LogP contribution in [0, 0.1) is 29.3 Å². The number of benzene rings is 1. The molecule has 1 aliphatic carbocycles. The molecule has 2 aliphatic heterocycles. The van der Waals surface area contributed by atoms with Crippen LogP contribution in [0.15, 0.2) is 23.1 Å².